The number of azo groups is 1. The molecule has 72 valence electrons. The lowest BCUT2D eigenvalue weighted by atomic mass is 10.0. The highest BCUT2D eigenvalue weighted by molar-refractivity contribution is 5.67. The third-order valence-electron chi connectivity index (χ3n) is 1.55. The first-order valence-corrected chi connectivity index (χ1v) is 4.09. The number of ether oxygens (including phenoxy) is 1. The van der Waals surface area contributed by atoms with Crippen molar-refractivity contribution in [3.05, 3.63) is 0 Å². The average molecular weight is 183 g/mol. The van der Waals surface area contributed by atoms with Crippen LogP contribution in [0.25, 0.3) is 0 Å². The van der Waals surface area contributed by atoms with Crippen molar-refractivity contribution >= 4 is 6.09 Å². The summed E-state index contributed by atoms with van der Waals surface area (Å²) in [6.07, 6.45) is -0.246. The normalized spacial score (nSPS) is 14.9. The van der Waals surface area contributed by atoms with E-state index in [9.17, 15) is 4.79 Å². The molecule has 13 heavy (non-hydrogen) atoms. The van der Waals surface area contributed by atoms with Crippen LogP contribution in [0.3, 0.4) is 0 Å². The zero-order chi connectivity index (χ0) is 10.3. The molecule has 0 saturated heterocycles. The lowest BCUT2D eigenvalue weighted by molar-refractivity contribution is 0.160. The molecule has 0 aromatic rings. The second-order valence-electron chi connectivity index (χ2n) is 2.64. The van der Waals surface area contributed by atoms with E-state index in [2.05, 4.69) is 15.0 Å². The highest BCUT2D eigenvalue weighted by Crippen LogP contribution is 2.13. The number of amides is 1. The van der Waals surface area contributed by atoms with Crippen molar-refractivity contribution in [2.75, 3.05) is 6.61 Å². The number of carbonyl (C=O) groups is 1. The van der Waals surface area contributed by atoms with Crippen molar-refractivity contribution in [3.63, 3.8) is 0 Å². The summed E-state index contributed by atoms with van der Waals surface area (Å²) in [6, 6.07) is 1.96. The summed E-state index contributed by atoms with van der Waals surface area (Å²) in [5.74, 6) is 0. The van der Waals surface area contributed by atoms with Crippen LogP contribution >= 0.6 is 0 Å². The molecule has 1 atom stereocenters. The Morgan fingerprint density at radius 3 is 2.62 bits per heavy atom. The van der Waals surface area contributed by atoms with Crippen molar-refractivity contribution in [3.8, 4) is 6.07 Å². The van der Waals surface area contributed by atoms with Crippen molar-refractivity contribution in [2.45, 2.75) is 32.7 Å². The molecule has 5 nitrogen and oxygen atoms in total. The molecule has 0 aliphatic carbocycles. The van der Waals surface area contributed by atoms with Crippen LogP contribution in [-0.4, -0.2) is 18.2 Å². The fraction of sp³-hybridized carbons (Fsp3) is 0.750. The molecule has 0 rings (SSSR count). The number of hydrogen-bond donors (Lipinski definition) is 0. The molecule has 0 bridgehead atoms. The molecule has 0 aliphatic heterocycles. The quantitative estimate of drug-likeness (QED) is 0.630. The topological polar surface area (TPSA) is 74.8 Å². The van der Waals surface area contributed by atoms with E-state index in [1.807, 2.05) is 6.07 Å². The van der Waals surface area contributed by atoms with E-state index in [0.717, 1.165) is 0 Å². The molecule has 5 heteroatoms. The van der Waals surface area contributed by atoms with Gasteiger partial charge in [-0.15, -0.1) is 0 Å². The van der Waals surface area contributed by atoms with Crippen LogP contribution < -0.4 is 0 Å². The molecule has 0 aromatic heterocycles. The van der Waals surface area contributed by atoms with Crippen LogP contribution in [0.1, 0.15) is 27.2 Å². The fourth-order valence-electron chi connectivity index (χ4n) is 0.476. The van der Waals surface area contributed by atoms with Gasteiger partial charge in [-0.2, -0.15) is 10.4 Å². The van der Waals surface area contributed by atoms with Crippen LogP contribution in [0.15, 0.2) is 10.2 Å². The van der Waals surface area contributed by atoms with Gasteiger partial charge in [0, 0.05) is 0 Å². The molecule has 0 heterocycles. The molecule has 1 unspecified atom stereocenters. The molecule has 0 fully saturated rings. The predicted molar refractivity (Wildman–Crippen MR) is 46.2 cm³/mol. The van der Waals surface area contributed by atoms with Crippen LogP contribution in [0.2, 0.25) is 0 Å². The van der Waals surface area contributed by atoms with E-state index in [1.165, 1.54) is 0 Å². The van der Waals surface area contributed by atoms with Crippen molar-refractivity contribution in [1.29, 1.82) is 5.26 Å². The van der Waals surface area contributed by atoms with Gasteiger partial charge >= 0.3 is 6.09 Å². The fourth-order valence-corrected chi connectivity index (χ4v) is 0.476. The van der Waals surface area contributed by atoms with Crippen molar-refractivity contribution < 1.29 is 9.53 Å². The Morgan fingerprint density at radius 2 is 2.23 bits per heavy atom. The number of nitriles is 1. The van der Waals surface area contributed by atoms with Crippen molar-refractivity contribution in [2.24, 2.45) is 10.2 Å². The maximum absolute atomic E-state index is 10.7. The van der Waals surface area contributed by atoms with Gasteiger partial charge in [0.15, 0.2) is 5.54 Å². The predicted octanol–water partition coefficient (Wildman–Crippen LogP) is 2.29. The maximum atomic E-state index is 10.7. The molecule has 0 spiro atoms. The van der Waals surface area contributed by atoms with Gasteiger partial charge in [0.1, 0.15) is 0 Å². The van der Waals surface area contributed by atoms with Gasteiger partial charge in [-0.3, -0.25) is 0 Å². The lowest BCUT2D eigenvalue weighted by Crippen LogP contribution is -2.17. The highest BCUT2D eigenvalue weighted by atomic mass is 16.5. The minimum Gasteiger partial charge on any atom is -0.447 e. The highest BCUT2D eigenvalue weighted by Gasteiger charge is 2.20. The monoisotopic (exact) mass is 183 g/mol. The minimum absolute atomic E-state index is 0.257. The minimum atomic E-state index is -0.924. The zero-order valence-electron chi connectivity index (χ0n) is 8.07. The molecule has 0 N–H and O–H groups in total. The van der Waals surface area contributed by atoms with Gasteiger partial charge in [-0.1, -0.05) is 12.0 Å². The molecular weight excluding hydrogens is 170 g/mol. The van der Waals surface area contributed by atoms with Crippen LogP contribution in [0.5, 0.6) is 0 Å². The van der Waals surface area contributed by atoms with E-state index in [0.29, 0.717) is 6.42 Å². The van der Waals surface area contributed by atoms with E-state index in [4.69, 9.17) is 5.26 Å². The Morgan fingerprint density at radius 1 is 1.62 bits per heavy atom. The van der Waals surface area contributed by atoms with E-state index < -0.39 is 11.6 Å². The summed E-state index contributed by atoms with van der Waals surface area (Å²) in [5.41, 5.74) is -0.924. The van der Waals surface area contributed by atoms with E-state index in [-0.39, 0.29) is 6.61 Å². The van der Waals surface area contributed by atoms with Crippen LogP contribution in [0, 0.1) is 11.3 Å². The third-order valence-corrected chi connectivity index (χ3v) is 1.55. The number of hydrogen-bond acceptors (Lipinski definition) is 4. The summed E-state index contributed by atoms with van der Waals surface area (Å²) >= 11 is 0. The zero-order valence-corrected chi connectivity index (χ0v) is 8.07. The Hall–Kier alpha value is -1.44. The van der Waals surface area contributed by atoms with Crippen LogP contribution in [-0.2, 0) is 4.74 Å². The first kappa shape index (κ1) is 11.6. The Bertz CT molecular complexity index is 244. The first-order valence-electron chi connectivity index (χ1n) is 4.09. The first-order chi connectivity index (χ1) is 6.08. The largest absolute Gasteiger partial charge is 0.452 e. The molecule has 0 aromatic carbocycles. The Balaban J connectivity index is 4.25. The van der Waals surface area contributed by atoms with Gasteiger partial charge in [-0.25, -0.2) is 4.79 Å². The maximum Gasteiger partial charge on any atom is 0.452 e. The summed E-state index contributed by atoms with van der Waals surface area (Å²) in [6.45, 7) is 5.34. The SMILES string of the molecule is CCOC(=O)N=NC(C)(C#N)CC. The second kappa shape index (κ2) is 5.25. The molecular formula is C8H13N3O2. The summed E-state index contributed by atoms with van der Waals surface area (Å²) in [4.78, 5) is 10.7. The van der Waals surface area contributed by atoms with Gasteiger partial charge in [-0.05, 0) is 20.3 Å². The summed E-state index contributed by atoms with van der Waals surface area (Å²) < 4.78 is 4.52. The molecule has 1 amide bonds. The van der Waals surface area contributed by atoms with Gasteiger partial charge in [0.05, 0.1) is 12.7 Å². The second-order valence-corrected chi connectivity index (χ2v) is 2.64. The number of carbonyl (C=O) groups excluding carboxylic acids is 1. The Labute approximate surface area is 77.4 Å². The Kier molecular flexibility index (Phi) is 4.67. The lowest BCUT2D eigenvalue weighted by Gasteiger charge is -2.09. The molecule has 0 aliphatic rings. The smallest absolute Gasteiger partial charge is 0.447 e. The standard InChI is InChI=1S/C8H13N3O2/c1-4-8(3,6-9)11-10-7(12)13-5-2/h4-5H2,1-3H3. The van der Waals surface area contributed by atoms with Gasteiger partial charge in [0.2, 0.25) is 0 Å². The molecule has 0 saturated carbocycles. The summed E-state index contributed by atoms with van der Waals surface area (Å²) in [5, 5.41) is 15.5. The number of nitrogens with zero attached hydrogens (tertiary/aromatic N) is 3. The van der Waals surface area contributed by atoms with Gasteiger partial charge in [0.25, 0.3) is 0 Å². The number of rotatable bonds is 3. The van der Waals surface area contributed by atoms with E-state index in [1.54, 1.807) is 20.8 Å². The van der Waals surface area contributed by atoms with Gasteiger partial charge < -0.3 is 4.74 Å². The van der Waals surface area contributed by atoms with Crippen LogP contribution in [0.4, 0.5) is 4.79 Å². The third kappa shape index (κ3) is 4.21. The van der Waals surface area contributed by atoms with E-state index >= 15 is 0 Å². The summed E-state index contributed by atoms with van der Waals surface area (Å²) in [7, 11) is 0. The molecule has 0 radical (unpaired) electrons. The average Bonchev–Trinajstić information content (AvgIpc) is 2.15. The van der Waals surface area contributed by atoms with Crippen molar-refractivity contribution in [1.82, 2.24) is 0 Å².